The van der Waals surface area contributed by atoms with Gasteiger partial charge >= 0.3 is 0 Å². The van der Waals surface area contributed by atoms with E-state index < -0.39 is 8.07 Å². The maximum Gasteiger partial charge on any atom is 0.0975 e. The van der Waals surface area contributed by atoms with Crippen LogP contribution in [-0.2, 0) is 4.74 Å². The molecule has 0 N–H and O–H groups in total. The quantitative estimate of drug-likeness (QED) is 0.430. The number of nitrogens with zero attached hydrogens (tertiary/aromatic N) is 1. The van der Waals surface area contributed by atoms with E-state index in [2.05, 4.69) is 81.2 Å². The molecule has 2 nitrogen and oxygen atoms in total. The first-order valence-corrected chi connectivity index (χ1v) is 12.5. The normalized spacial score (nSPS) is 12.8. The van der Waals surface area contributed by atoms with Crippen molar-refractivity contribution in [3.05, 3.63) is 66.1 Å². The highest BCUT2D eigenvalue weighted by Gasteiger charge is 2.18. The highest BCUT2D eigenvalue weighted by Crippen LogP contribution is 2.31. The number of hydrogen-bond donors (Lipinski definition) is 0. The topological polar surface area (TPSA) is 22.1 Å². The van der Waals surface area contributed by atoms with Crippen molar-refractivity contribution in [3.63, 3.8) is 0 Å². The minimum absolute atomic E-state index is 0.898. The molecule has 0 aliphatic carbocycles. The molecule has 1 heterocycles. The molecule has 0 spiro atoms. The predicted molar refractivity (Wildman–Crippen MR) is 115 cm³/mol. The number of fused-ring (bicyclic) bond motifs is 1. The van der Waals surface area contributed by atoms with E-state index in [4.69, 9.17) is 9.72 Å². The molecule has 0 aliphatic heterocycles. The summed E-state index contributed by atoms with van der Waals surface area (Å²) in [4.78, 5) is 4.93. The number of benzene rings is 2. The van der Waals surface area contributed by atoms with E-state index >= 15 is 0 Å². The molecule has 0 amide bonds. The number of methoxy groups -OCH3 is 1. The van der Waals surface area contributed by atoms with Crippen LogP contribution in [-0.4, -0.2) is 20.2 Å². The smallest absolute Gasteiger partial charge is 0.0975 e. The number of aromatic nitrogens is 1. The van der Waals surface area contributed by atoms with Crippen molar-refractivity contribution in [2.75, 3.05) is 7.11 Å². The monoisotopic (exact) mass is 361 g/mol. The zero-order valence-electron chi connectivity index (χ0n) is 16.6. The van der Waals surface area contributed by atoms with Gasteiger partial charge in [0.05, 0.1) is 32.2 Å². The largest absolute Gasteiger partial charge is 0.501 e. The SMILES string of the molecule is CO/C(C)=C(/C)c1cc(-c2ccccc2)c2cc([Si](C)(C)C)ccc2n1. The lowest BCUT2D eigenvalue weighted by atomic mass is 9.98. The molecule has 0 saturated heterocycles. The highest BCUT2D eigenvalue weighted by molar-refractivity contribution is 6.88. The van der Waals surface area contributed by atoms with Crippen LogP contribution in [0.15, 0.2) is 60.4 Å². The molecule has 0 unspecified atom stereocenters. The predicted octanol–water partition coefficient (Wildman–Crippen LogP) is 5.84. The number of pyridine rings is 1. The first-order valence-electron chi connectivity index (χ1n) is 9.04. The lowest BCUT2D eigenvalue weighted by molar-refractivity contribution is 0.295. The molecule has 0 aliphatic rings. The average Bonchev–Trinajstić information content (AvgIpc) is 2.65. The lowest BCUT2D eigenvalue weighted by Crippen LogP contribution is -2.37. The van der Waals surface area contributed by atoms with Crippen molar-refractivity contribution in [1.82, 2.24) is 4.98 Å². The van der Waals surface area contributed by atoms with Crippen LogP contribution in [0.25, 0.3) is 27.6 Å². The van der Waals surface area contributed by atoms with Gasteiger partial charge in [0.2, 0.25) is 0 Å². The average molecular weight is 362 g/mol. The standard InChI is InChI=1S/C23H27NOSi/c1-16(17(2)25-3)23-15-20(18-10-8-7-9-11-18)21-14-19(26(4,5)6)12-13-22(21)24-23/h7-15H,1-6H3/b17-16-. The Hall–Kier alpha value is -2.39. The summed E-state index contributed by atoms with van der Waals surface area (Å²) in [6.07, 6.45) is 0. The van der Waals surface area contributed by atoms with Gasteiger partial charge in [-0.05, 0) is 37.1 Å². The zero-order chi connectivity index (χ0) is 18.9. The summed E-state index contributed by atoms with van der Waals surface area (Å²) < 4.78 is 5.43. The molecule has 1 aromatic heterocycles. The first kappa shape index (κ1) is 18.4. The van der Waals surface area contributed by atoms with E-state index in [1.807, 2.05) is 6.92 Å². The Morgan fingerprint density at radius 2 is 1.62 bits per heavy atom. The summed E-state index contributed by atoms with van der Waals surface area (Å²) in [5.41, 5.74) is 5.52. The number of allylic oxidation sites excluding steroid dienone is 2. The molecule has 3 rings (SSSR count). The third kappa shape index (κ3) is 3.58. The van der Waals surface area contributed by atoms with Crippen LogP contribution in [0.3, 0.4) is 0 Å². The Labute approximate surface area is 157 Å². The van der Waals surface area contributed by atoms with Crippen molar-refractivity contribution in [2.45, 2.75) is 33.5 Å². The Morgan fingerprint density at radius 1 is 0.923 bits per heavy atom. The van der Waals surface area contributed by atoms with Crippen LogP contribution in [0, 0.1) is 0 Å². The maximum absolute atomic E-state index is 5.43. The van der Waals surface area contributed by atoms with Crippen LogP contribution >= 0.6 is 0 Å². The molecule has 0 fully saturated rings. The lowest BCUT2D eigenvalue weighted by Gasteiger charge is -2.19. The molecule has 0 radical (unpaired) electrons. The van der Waals surface area contributed by atoms with Crippen LogP contribution in [0.1, 0.15) is 19.5 Å². The van der Waals surface area contributed by atoms with Gasteiger partial charge in [-0.25, -0.2) is 4.98 Å². The van der Waals surface area contributed by atoms with E-state index in [0.717, 1.165) is 22.5 Å². The van der Waals surface area contributed by atoms with Crippen LogP contribution < -0.4 is 5.19 Å². The van der Waals surface area contributed by atoms with Gasteiger partial charge in [0.1, 0.15) is 0 Å². The molecular formula is C23H27NOSi. The summed E-state index contributed by atoms with van der Waals surface area (Å²) in [5.74, 6) is 0.898. The van der Waals surface area contributed by atoms with Crippen molar-refractivity contribution in [3.8, 4) is 11.1 Å². The second-order valence-corrected chi connectivity index (χ2v) is 12.9. The van der Waals surface area contributed by atoms with Gasteiger partial charge in [0.15, 0.2) is 0 Å². The zero-order valence-corrected chi connectivity index (χ0v) is 17.6. The molecule has 2 aromatic carbocycles. The molecule has 134 valence electrons. The van der Waals surface area contributed by atoms with E-state index in [-0.39, 0.29) is 0 Å². The number of ether oxygens (including phenoxy) is 1. The van der Waals surface area contributed by atoms with Crippen molar-refractivity contribution in [2.24, 2.45) is 0 Å². The second kappa shape index (κ2) is 7.08. The minimum atomic E-state index is -1.39. The van der Waals surface area contributed by atoms with Gasteiger partial charge < -0.3 is 4.74 Å². The van der Waals surface area contributed by atoms with Crippen molar-refractivity contribution in [1.29, 1.82) is 0 Å². The third-order valence-corrected chi connectivity index (χ3v) is 7.02. The van der Waals surface area contributed by atoms with Gasteiger partial charge in [-0.3, -0.25) is 0 Å². The Morgan fingerprint density at radius 3 is 2.23 bits per heavy atom. The van der Waals surface area contributed by atoms with Gasteiger partial charge in [0.25, 0.3) is 0 Å². The van der Waals surface area contributed by atoms with E-state index in [9.17, 15) is 0 Å². The molecule has 3 heteroatoms. The van der Waals surface area contributed by atoms with Crippen LogP contribution in [0.2, 0.25) is 19.6 Å². The van der Waals surface area contributed by atoms with Crippen LogP contribution in [0.5, 0.6) is 0 Å². The summed E-state index contributed by atoms with van der Waals surface area (Å²) in [5, 5.41) is 2.68. The van der Waals surface area contributed by atoms with Gasteiger partial charge in [-0.15, -0.1) is 0 Å². The Balaban J connectivity index is 2.34. The molecule has 0 saturated carbocycles. The Kier molecular flexibility index (Phi) is 5.01. The maximum atomic E-state index is 5.43. The van der Waals surface area contributed by atoms with E-state index in [1.165, 1.54) is 21.7 Å². The van der Waals surface area contributed by atoms with Gasteiger partial charge in [-0.1, -0.05) is 67.3 Å². The first-order chi connectivity index (χ1) is 12.3. The number of hydrogen-bond acceptors (Lipinski definition) is 2. The molecule has 0 bridgehead atoms. The Bertz CT molecular complexity index is 969. The van der Waals surface area contributed by atoms with Gasteiger partial charge in [0, 0.05) is 11.0 Å². The summed E-state index contributed by atoms with van der Waals surface area (Å²) in [6, 6.07) is 19.5. The molecular weight excluding hydrogens is 334 g/mol. The van der Waals surface area contributed by atoms with Crippen LogP contribution in [0.4, 0.5) is 0 Å². The minimum Gasteiger partial charge on any atom is -0.501 e. The summed E-state index contributed by atoms with van der Waals surface area (Å²) >= 11 is 0. The van der Waals surface area contributed by atoms with Crippen molar-refractivity contribution >= 4 is 29.7 Å². The second-order valence-electron chi connectivity index (χ2n) is 7.79. The fourth-order valence-electron chi connectivity index (χ4n) is 3.07. The fraction of sp³-hybridized carbons (Fsp3) is 0.261. The highest BCUT2D eigenvalue weighted by atomic mass is 28.3. The van der Waals surface area contributed by atoms with Crippen molar-refractivity contribution < 1.29 is 4.74 Å². The summed E-state index contributed by atoms with van der Waals surface area (Å²) in [6.45, 7) is 11.2. The molecule has 0 atom stereocenters. The third-order valence-electron chi connectivity index (χ3n) is 4.98. The number of rotatable bonds is 4. The van der Waals surface area contributed by atoms with E-state index in [1.54, 1.807) is 7.11 Å². The fourth-order valence-corrected chi connectivity index (χ4v) is 4.24. The molecule has 3 aromatic rings. The van der Waals surface area contributed by atoms with E-state index in [0.29, 0.717) is 0 Å². The van der Waals surface area contributed by atoms with Gasteiger partial charge in [-0.2, -0.15) is 0 Å². The summed E-state index contributed by atoms with van der Waals surface area (Å²) in [7, 11) is 0.316. The molecule has 26 heavy (non-hydrogen) atoms.